The van der Waals surface area contributed by atoms with Crippen molar-refractivity contribution in [2.45, 2.75) is 44.6 Å². The molecule has 0 aromatic carbocycles. The molecule has 124 valence electrons. The molecule has 0 aliphatic carbocycles. The fourth-order valence-corrected chi connectivity index (χ4v) is 1.06. The van der Waals surface area contributed by atoms with Crippen molar-refractivity contribution in [3.8, 4) is 0 Å². The largest absolute Gasteiger partial charge is 0.479 e. The van der Waals surface area contributed by atoms with E-state index in [9.17, 15) is 14.4 Å². The molecule has 0 heterocycles. The first-order chi connectivity index (χ1) is 9.54. The van der Waals surface area contributed by atoms with E-state index < -0.39 is 30.2 Å². The van der Waals surface area contributed by atoms with E-state index in [4.69, 9.17) is 42.5 Å². The van der Waals surface area contributed by atoms with Gasteiger partial charge in [0.05, 0.1) is 6.10 Å². The second-order valence-corrected chi connectivity index (χ2v) is 4.51. The number of hydrogen-bond donors (Lipinski definition) is 5. The smallest absolute Gasteiger partial charge is 0.335 e. The molecule has 0 radical (unpaired) electrons. The summed E-state index contributed by atoms with van der Waals surface area (Å²) in [6, 6.07) is -0.574. The molecule has 0 aromatic rings. The number of hydrogen-bond acceptors (Lipinski definition) is 7. The first kappa shape index (κ1) is 21.9. The van der Waals surface area contributed by atoms with Gasteiger partial charge in [0, 0.05) is 5.88 Å². The van der Waals surface area contributed by atoms with Gasteiger partial charge < -0.3 is 30.9 Å². The van der Waals surface area contributed by atoms with E-state index in [-0.39, 0.29) is 12.1 Å². The molecule has 0 spiro atoms. The highest BCUT2D eigenvalue weighted by Gasteiger charge is 2.29. The van der Waals surface area contributed by atoms with Crippen LogP contribution in [0.25, 0.3) is 0 Å². The number of esters is 1. The monoisotopic (exact) mass is 329 g/mol. The highest BCUT2D eigenvalue weighted by atomic mass is 35.5. The predicted molar refractivity (Wildman–Crippen MR) is 71.8 cm³/mol. The number of aliphatic hydroxyl groups excluding tert-OH is 2. The summed E-state index contributed by atoms with van der Waals surface area (Å²) < 4.78 is 4.84. The molecule has 9 nitrogen and oxygen atoms in total. The number of rotatable bonds is 7. The second-order valence-electron chi connectivity index (χ2n) is 4.14. The third kappa shape index (κ3) is 11.0. The van der Waals surface area contributed by atoms with Crippen molar-refractivity contribution in [2.75, 3.05) is 5.88 Å². The van der Waals surface area contributed by atoms with Gasteiger partial charge in [-0.3, -0.25) is 4.79 Å². The number of carboxylic acid groups (broad SMARTS) is 2. The fourth-order valence-electron chi connectivity index (χ4n) is 0.825. The van der Waals surface area contributed by atoms with Crippen molar-refractivity contribution in [1.29, 1.82) is 0 Å². The van der Waals surface area contributed by atoms with Gasteiger partial charge in [0.15, 0.2) is 12.2 Å². The van der Waals surface area contributed by atoms with Gasteiger partial charge in [0.2, 0.25) is 0 Å². The Kier molecular flexibility index (Phi) is 11.7. The average Bonchev–Trinajstić information content (AvgIpc) is 2.36. The minimum absolute atomic E-state index is 0.108. The van der Waals surface area contributed by atoms with Gasteiger partial charge in [0.1, 0.15) is 6.04 Å². The lowest BCUT2D eigenvalue weighted by Crippen LogP contribution is -2.39. The van der Waals surface area contributed by atoms with Crippen LogP contribution in [-0.4, -0.2) is 68.6 Å². The van der Waals surface area contributed by atoms with Crippen LogP contribution in [0.5, 0.6) is 0 Å². The Balaban J connectivity index is 0. The Hall–Kier alpha value is -1.42. The SMILES string of the molecule is CC(C)OC(=O)[C@@H](N)CCCl.O=C(O)[C@H](O)[C@@H](O)C(=O)O. The van der Waals surface area contributed by atoms with E-state index in [2.05, 4.69) is 0 Å². The lowest BCUT2D eigenvalue weighted by atomic mass is 10.2. The molecular weight excluding hydrogens is 310 g/mol. The van der Waals surface area contributed by atoms with E-state index in [1.165, 1.54) is 0 Å². The minimum Gasteiger partial charge on any atom is -0.479 e. The molecule has 0 rings (SSSR count). The van der Waals surface area contributed by atoms with Crippen molar-refractivity contribution >= 4 is 29.5 Å². The molecule has 0 saturated heterocycles. The van der Waals surface area contributed by atoms with Gasteiger partial charge in [-0.1, -0.05) is 0 Å². The topological polar surface area (TPSA) is 167 Å². The number of ether oxygens (including phenoxy) is 1. The van der Waals surface area contributed by atoms with Gasteiger partial charge in [0.25, 0.3) is 0 Å². The highest BCUT2D eigenvalue weighted by Crippen LogP contribution is 1.97. The first-order valence-electron chi connectivity index (χ1n) is 5.88. The van der Waals surface area contributed by atoms with Crippen molar-refractivity contribution in [3.63, 3.8) is 0 Å². The number of nitrogens with two attached hydrogens (primary N) is 1. The molecular formula is C11H20ClNO8. The van der Waals surface area contributed by atoms with Crippen molar-refractivity contribution in [2.24, 2.45) is 5.73 Å². The number of aliphatic carboxylic acids is 2. The molecule has 0 aromatic heterocycles. The number of carbonyl (C=O) groups excluding carboxylic acids is 1. The summed E-state index contributed by atoms with van der Waals surface area (Å²) in [7, 11) is 0. The van der Waals surface area contributed by atoms with Gasteiger partial charge in [-0.2, -0.15) is 0 Å². The Morgan fingerprint density at radius 2 is 1.48 bits per heavy atom. The van der Waals surface area contributed by atoms with Gasteiger partial charge >= 0.3 is 17.9 Å². The Morgan fingerprint density at radius 1 is 1.10 bits per heavy atom. The normalized spacial score (nSPS) is 14.4. The summed E-state index contributed by atoms with van der Waals surface area (Å²) in [5, 5.41) is 32.5. The van der Waals surface area contributed by atoms with Crippen LogP contribution in [0.1, 0.15) is 20.3 Å². The van der Waals surface area contributed by atoms with Crippen LogP contribution < -0.4 is 5.73 Å². The third-order valence-electron chi connectivity index (χ3n) is 1.88. The van der Waals surface area contributed by atoms with E-state index in [1.807, 2.05) is 0 Å². The maximum Gasteiger partial charge on any atom is 0.335 e. The zero-order chi connectivity index (χ0) is 17.2. The quantitative estimate of drug-likeness (QED) is 0.283. The molecule has 21 heavy (non-hydrogen) atoms. The third-order valence-corrected chi connectivity index (χ3v) is 2.10. The summed E-state index contributed by atoms with van der Waals surface area (Å²) in [4.78, 5) is 30.5. The maximum atomic E-state index is 10.9. The van der Waals surface area contributed by atoms with E-state index >= 15 is 0 Å². The molecule has 0 saturated carbocycles. The first-order valence-corrected chi connectivity index (χ1v) is 6.41. The van der Waals surface area contributed by atoms with Crippen LogP contribution >= 0.6 is 11.6 Å². The van der Waals surface area contributed by atoms with Crippen LogP contribution in [0.3, 0.4) is 0 Å². The van der Waals surface area contributed by atoms with Crippen LogP contribution in [0, 0.1) is 0 Å². The lowest BCUT2D eigenvalue weighted by molar-refractivity contribution is -0.165. The number of alkyl halides is 1. The van der Waals surface area contributed by atoms with Crippen LogP contribution in [0.15, 0.2) is 0 Å². The van der Waals surface area contributed by atoms with E-state index in [1.54, 1.807) is 13.8 Å². The molecule has 3 atom stereocenters. The molecule has 0 amide bonds. The Labute approximate surface area is 126 Å². The highest BCUT2D eigenvalue weighted by molar-refractivity contribution is 6.18. The number of carboxylic acids is 2. The van der Waals surface area contributed by atoms with Gasteiger partial charge in [-0.25, -0.2) is 9.59 Å². The summed E-state index contributed by atoms with van der Waals surface area (Å²) in [6.45, 7) is 3.57. The molecule has 0 bridgehead atoms. The van der Waals surface area contributed by atoms with Gasteiger partial charge in [-0.05, 0) is 20.3 Å². The summed E-state index contributed by atoms with van der Waals surface area (Å²) in [5.41, 5.74) is 5.42. The van der Waals surface area contributed by atoms with Crippen LogP contribution in [0.4, 0.5) is 0 Å². The van der Waals surface area contributed by atoms with Crippen LogP contribution in [-0.2, 0) is 19.1 Å². The average molecular weight is 330 g/mol. The Morgan fingerprint density at radius 3 is 1.71 bits per heavy atom. The summed E-state index contributed by atoms with van der Waals surface area (Å²) >= 11 is 5.39. The van der Waals surface area contributed by atoms with E-state index in [0.29, 0.717) is 12.3 Å². The van der Waals surface area contributed by atoms with Crippen molar-refractivity contribution < 1.29 is 39.5 Å². The van der Waals surface area contributed by atoms with Crippen molar-refractivity contribution in [1.82, 2.24) is 0 Å². The van der Waals surface area contributed by atoms with Crippen molar-refractivity contribution in [3.05, 3.63) is 0 Å². The minimum atomic E-state index is -2.27. The molecule has 0 aliphatic rings. The lowest BCUT2D eigenvalue weighted by Gasteiger charge is -2.12. The standard InChI is InChI=1S/C7H14ClNO2.C4H6O6/c1-5(2)11-7(10)6(9)3-4-8;5-1(3(7)8)2(6)4(9)10/h5-6H,3-4,9H2,1-2H3;1-2,5-6H,(H,7,8)(H,9,10)/t6-;1-,2-/m01/s1. The molecule has 0 fully saturated rings. The molecule has 0 unspecified atom stereocenters. The zero-order valence-electron chi connectivity index (χ0n) is 11.6. The van der Waals surface area contributed by atoms with Gasteiger partial charge in [-0.15, -0.1) is 11.6 Å². The number of carbonyl (C=O) groups is 3. The van der Waals surface area contributed by atoms with E-state index in [0.717, 1.165) is 0 Å². The molecule has 10 heteroatoms. The predicted octanol–water partition coefficient (Wildman–Crippen LogP) is -1.23. The molecule has 6 N–H and O–H groups in total. The number of aliphatic hydroxyl groups is 2. The summed E-state index contributed by atoms with van der Waals surface area (Å²) in [5.74, 6) is -3.53. The maximum absolute atomic E-state index is 10.9. The molecule has 0 aliphatic heterocycles. The fraction of sp³-hybridized carbons (Fsp3) is 0.727. The zero-order valence-corrected chi connectivity index (χ0v) is 12.4. The Bertz CT molecular complexity index is 331. The van der Waals surface area contributed by atoms with Crippen LogP contribution in [0.2, 0.25) is 0 Å². The number of halogens is 1. The summed E-state index contributed by atoms with van der Waals surface area (Å²) in [6.07, 6.45) is -4.17. The second kappa shape index (κ2) is 11.3.